The standard InChI is InChI=1S/C14H17N3O2/c1-19-13-5-2-11(15)8-10(13)9-16-6-7-17(14(16)18)12-3-4-12/h2,5-8,12H,3-4,9,15H2,1H3. The van der Waals surface area contributed by atoms with Gasteiger partial charge in [-0.3, -0.25) is 9.13 Å². The van der Waals surface area contributed by atoms with Gasteiger partial charge >= 0.3 is 5.69 Å². The van der Waals surface area contributed by atoms with Crippen LogP contribution < -0.4 is 16.2 Å². The van der Waals surface area contributed by atoms with Crippen LogP contribution in [0.3, 0.4) is 0 Å². The molecule has 100 valence electrons. The maximum atomic E-state index is 12.2. The summed E-state index contributed by atoms with van der Waals surface area (Å²) in [6.07, 6.45) is 5.89. The second-order valence-electron chi connectivity index (χ2n) is 4.92. The predicted molar refractivity (Wildman–Crippen MR) is 73.5 cm³/mol. The van der Waals surface area contributed by atoms with Crippen LogP contribution in [0, 0.1) is 0 Å². The molecule has 0 saturated heterocycles. The molecule has 0 unspecified atom stereocenters. The Hall–Kier alpha value is -2.17. The fraction of sp³-hybridized carbons (Fsp3) is 0.357. The van der Waals surface area contributed by atoms with Gasteiger partial charge in [-0.1, -0.05) is 0 Å². The van der Waals surface area contributed by atoms with Crippen molar-refractivity contribution in [3.05, 3.63) is 46.6 Å². The Bertz CT molecular complexity index is 653. The van der Waals surface area contributed by atoms with Gasteiger partial charge in [-0.2, -0.15) is 0 Å². The predicted octanol–water partition coefficient (Wildman–Crippen LogP) is 1.62. The first-order valence-electron chi connectivity index (χ1n) is 6.38. The van der Waals surface area contributed by atoms with Gasteiger partial charge in [-0.05, 0) is 31.0 Å². The van der Waals surface area contributed by atoms with E-state index in [2.05, 4.69) is 0 Å². The summed E-state index contributed by atoms with van der Waals surface area (Å²) >= 11 is 0. The molecule has 0 bridgehead atoms. The summed E-state index contributed by atoms with van der Waals surface area (Å²) in [6, 6.07) is 5.87. The summed E-state index contributed by atoms with van der Waals surface area (Å²) in [7, 11) is 1.62. The Labute approximate surface area is 111 Å². The summed E-state index contributed by atoms with van der Waals surface area (Å²) in [6.45, 7) is 0.479. The van der Waals surface area contributed by atoms with Crippen molar-refractivity contribution in [2.24, 2.45) is 0 Å². The van der Waals surface area contributed by atoms with E-state index in [1.165, 1.54) is 0 Å². The molecule has 3 rings (SSSR count). The first kappa shape index (κ1) is 11.9. The summed E-state index contributed by atoms with van der Waals surface area (Å²) in [5.74, 6) is 0.750. The van der Waals surface area contributed by atoms with Crippen molar-refractivity contribution in [2.45, 2.75) is 25.4 Å². The highest BCUT2D eigenvalue weighted by atomic mass is 16.5. The molecular weight excluding hydrogens is 242 g/mol. The number of hydrogen-bond acceptors (Lipinski definition) is 3. The third kappa shape index (κ3) is 2.23. The summed E-state index contributed by atoms with van der Waals surface area (Å²) in [5, 5.41) is 0. The van der Waals surface area contributed by atoms with Crippen molar-refractivity contribution < 1.29 is 4.74 Å². The van der Waals surface area contributed by atoms with Gasteiger partial charge in [-0.25, -0.2) is 4.79 Å². The molecule has 1 saturated carbocycles. The van der Waals surface area contributed by atoms with Crippen molar-refractivity contribution in [1.82, 2.24) is 9.13 Å². The first-order chi connectivity index (χ1) is 9.19. The SMILES string of the molecule is COc1ccc(N)cc1Cn1ccn(C2CC2)c1=O. The van der Waals surface area contributed by atoms with Gasteiger partial charge in [0.15, 0.2) is 0 Å². The fourth-order valence-electron chi connectivity index (χ4n) is 2.28. The molecule has 0 amide bonds. The van der Waals surface area contributed by atoms with Gasteiger partial charge in [0.1, 0.15) is 5.75 Å². The van der Waals surface area contributed by atoms with Crippen LogP contribution in [0.25, 0.3) is 0 Å². The van der Waals surface area contributed by atoms with Gasteiger partial charge < -0.3 is 10.5 Å². The minimum Gasteiger partial charge on any atom is -0.496 e. The molecule has 1 aromatic heterocycles. The van der Waals surface area contributed by atoms with E-state index in [0.717, 1.165) is 24.2 Å². The highest BCUT2D eigenvalue weighted by molar-refractivity contribution is 5.47. The number of hydrogen-bond donors (Lipinski definition) is 1. The van der Waals surface area contributed by atoms with Gasteiger partial charge in [0.25, 0.3) is 0 Å². The van der Waals surface area contributed by atoms with Crippen LogP contribution in [0.2, 0.25) is 0 Å². The highest BCUT2D eigenvalue weighted by Gasteiger charge is 2.25. The minimum atomic E-state index is 0.0342. The lowest BCUT2D eigenvalue weighted by atomic mass is 10.2. The Morgan fingerprint density at radius 2 is 2.16 bits per heavy atom. The molecule has 2 aromatic rings. The number of nitrogen functional groups attached to an aromatic ring is 1. The third-order valence-electron chi connectivity index (χ3n) is 3.46. The van der Waals surface area contributed by atoms with E-state index >= 15 is 0 Å². The number of aromatic nitrogens is 2. The van der Waals surface area contributed by atoms with Crippen LogP contribution >= 0.6 is 0 Å². The number of imidazole rings is 1. The molecule has 0 radical (unpaired) electrons. The Morgan fingerprint density at radius 3 is 2.84 bits per heavy atom. The Kier molecular flexibility index (Phi) is 2.81. The molecule has 19 heavy (non-hydrogen) atoms. The van der Waals surface area contributed by atoms with E-state index in [1.807, 2.05) is 24.5 Å². The van der Waals surface area contributed by atoms with Gasteiger partial charge in [0.05, 0.1) is 13.7 Å². The third-order valence-corrected chi connectivity index (χ3v) is 3.46. The Balaban J connectivity index is 1.92. The van der Waals surface area contributed by atoms with Crippen molar-refractivity contribution in [3.63, 3.8) is 0 Å². The lowest BCUT2D eigenvalue weighted by molar-refractivity contribution is 0.408. The van der Waals surface area contributed by atoms with Gasteiger partial charge in [0, 0.05) is 29.7 Å². The quantitative estimate of drug-likeness (QED) is 0.849. The van der Waals surface area contributed by atoms with E-state index in [1.54, 1.807) is 22.3 Å². The molecule has 1 aliphatic carbocycles. The van der Waals surface area contributed by atoms with Crippen LogP contribution in [0.15, 0.2) is 35.4 Å². The molecule has 1 fully saturated rings. The first-order valence-corrected chi connectivity index (χ1v) is 6.38. The van der Waals surface area contributed by atoms with Gasteiger partial charge in [-0.15, -0.1) is 0 Å². The number of ether oxygens (including phenoxy) is 1. The van der Waals surface area contributed by atoms with Crippen molar-refractivity contribution in [2.75, 3.05) is 12.8 Å². The molecular formula is C14H17N3O2. The van der Waals surface area contributed by atoms with E-state index in [4.69, 9.17) is 10.5 Å². The monoisotopic (exact) mass is 259 g/mol. The molecule has 2 N–H and O–H groups in total. The van der Waals surface area contributed by atoms with E-state index in [9.17, 15) is 4.79 Å². The maximum absolute atomic E-state index is 12.2. The molecule has 1 aliphatic rings. The summed E-state index contributed by atoms with van der Waals surface area (Å²) < 4.78 is 8.80. The topological polar surface area (TPSA) is 62.2 Å². The van der Waals surface area contributed by atoms with Crippen LogP contribution in [-0.2, 0) is 6.54 Å². The van der Waals surface area contributed by atoms with Crippen molar-refractivity contribution >= 4 is 5.69 Å². The molecule has 5 heteroatoms. The van der Waals surface area contributed by atoms with Crippen LogP contribution in [-0.4, -0.2) is 16.2 Å². The van der Waals surface area contributed by atoms with Crippen molar-refractivity contribution in [1.29, 1.82) is 0 Å². The zero-order valence-electron chi connectivity index (χ0n) is 10.9. The average Bonchev–Trinajstić information content (AvgIpc) is 3.17. The van der Waals surface area contributed by atoms with E-state index < -0.39 is 0 Å². The van der Waals surface area contributed by atoms with E-state index in [-0.39, 0.29) is 5.69 Å². The Morgan fingerprint density at radius 1 is 1.37 bits per heavy atom. The molecule has 1 heterocycles. The summed E-state index contributed by atoms with van der Waals surface area (Å²) in [5.41, 5.74) is 7.41. The highest BCUT2D eigenvalue weighted by Crippen LogP contribution is 2.33. The lowest BCUT2D eigenvalue weighted by Gasteiger charge is -2.09. The molecule has 0 aliphatic heterocycles. The second-order valence-corrected chi connectivity index (χ2v) is 4.92. The minimum absolute atomic E-state index is 0.0342. The largest absolute Gasteiger partial charge is 0.496 e. The molecule has 0 atom stereocenters. The number of nitrogens with two attached hydrogens (primary N) is 1. The molecule has 5 nitrogen and oxygen atoms in total. The van der Waals surface area contributed by atoms with E-state index in [0.29, 0.717) is 18.3 Å². The van der Waals surface area contributed by atoms with Crippen LogP contribution in [0.1, 0.15) is 24.4 Å². The molecule has 0 spiro atoms. The zero-order chi connectivity index (χ0) is 13.4. The van der Waals surface area contributed by atoms with Crippen molar-refractivity contribution in [3.8, 4) is 5.75 Å². The van der Waals surface area contributed by atoms with Crippen LogP contribution in [0.4, 0.5) is 5.69 Å². The summed E-state index contributed by atoms with van der Waals surface area (Å²) in [4.78, 5) is 12.2. The number of methoxy groups -OCH3 is 1. The smallest absolute Gasteiger partial charge is 0.328 e. The number of rotatable bonds is 4. The maximum Gasteiger partial charge on any atom is 0.328 e. The normalized spacial score (nSPS) is 14.6. The number of benzene rings is 1. The number of anilines is 1. The molecule has 1 aromatic carbocycles. The zero-order valence-corrected chi connectivity index (χ0v) is 10.9. The fourth-order valence-corrected chi connectivity index (χ4v) is 2.28. The lowest BCUT2D eigenvalue weighted by Crippen LogP contribution is -2.24. The van der Waals surface area contributed by atoms with Crippen LogP contribution in [0.5, 0.6) is 5.75 Å². The number of nitrogens with zero attached hydrogens (tertiary/aromatic N) is 2. The second kappa shape index (κ2) is 4.50. The average molecular weight is 259 g/mol. The van der Waals surface area contributed by atoms with Gasteiger partial charge in [0.2, 0.25) is 0 Å².